The predicted octanol–water partition coefficient (Wildman–Crippen LogP) is 0.529. The molecule has 0 unspecified atom stereocenters. The summed E-state index contributed by atoms with van der Waals surface area (Å²) < 4.78 is 35.1. The maximum Gasteiger partial charge on any atom is 0.241 e. The molecule has 8 nitrogen and oxygen atoms in total. The van der Waals surface area contributed by atoms with Gasteiger partial charge in [-0.1, -0.05) is 25.9 Å². The number of carbonyl (C=O) groups excluding carboxylic acids is 1. The number of amides is 1. The molecule has 0 aromatic carbocycles. The van der Waals surface area contributed by atoms with E-state index in [1.54, 1.807) is 0 Å². The number of ether oxygens (including phenoxy) is 1. The van der Waals surface area contributed by atoms with E-state index in [0.717, 1.165) is 0 Å². The van der Waals surface area contributed by atoms with Crippen molar-refractivity contribution < 1.29 is 22.5 Å². The molecule has 0 aliphatic carbocycles. The monoisotopic (exact) mass is 345 g/mol. The van der Waals surface area contributed by atoms with Gasteiger partial charge in [-0.15, -0.1) is 0 Å². The van der Waals surface area contributed by atoms with Crippen LogP contribution in [-0.4, -0.2) is 60.9 Å². The van der Waals surface area contributed by atoms with Crippen LogP contribution >= 0.6 is 0 Å². The molecule has 1 fully saturated rings. The quantitative estimate of drug-likeness (QED) is 0.784. The lowest BCUT2D eigenvalue weighted by Gasteiger charge is -2.28. The van der Waals surface area contributed by atoms with Crippen molar-refractivity contribution in [1.29, 1.82) is 0 Å². The predicted molar refractivity (Wildman–Crippen MR) is 82.5 cm³/mol. The summed E-state index contributed by atoms with van der Waals surface area (Å²) in [6.07, 6.45) is 0. The highest BCUT2D eigenvalue weighted by Crippen LogP contribution is 2.20. The van der Waals surface area contributed by atoms with Gasteiger partial charge < -0.3 is 14.2 Å². The van der Waals surface area contributed by atoms with Crippen molar-refractivity contribution >= 4 is 15.7 Å². The molecule has 1 saturated heterocycles. The molecule has 0 N–H and O–H groups in total. The van der Waals surface area contributed by atoms with Gasteiger partial charge in [-0.05, 0) is 6.92 Å². The summed E-state index contributed by atoms with van der Waals surface area (Å²) in [5.74, 6) is -0.400. The molecule has 1 aromatic rings. The largest absolute Gasteiger partial charge is 0.378 e. The Labute approximate surface area is 136 Å². The van der Waals surface area contributed by atoms with Crippen molar-refractivity contribution in [3.05, 3.63) is 11.7 Å². The first kappa shape index (κ1) is 17.9. The summed E-state index contributed by atoms with van der Waals surface area (Å²) in [5.41, 5.74) is -0.333. The summed E-state index contributed by atoms with van der Waals surface area (Å²) in [6, 6.07) is 0. The van der Waals surface area contributed by atoms with E-state index in [2.05, 4.69) is 10.1 Å². The van der Waals surface area contributed by atoms with Crippen LogP contribution in [0.2, 0.25) is 0 Å². The Morgan fingerprint density at radius 2 is 1.91 bits per heavy atom. The zero-order valence-corrected chi connectivity index (χ0v) is 14.7. The zero-order chi connectivity index (χ0) is 17.3. The molecule has 1 aliphatic heterocycles. The first-order valence-corrected chi connectivity index (χ1v) is 9.24. The van der Waals surface area contributed by atoms with Gasteiger partial charge >= 0.3 is 0 Å². The molecule has 9 heteroatoms. The molecule has 0 radical (unpaired) electrons. The topological polar surface area (TPSA) is 103 Å². The van der Waals surface area contributed by atoms with E-state index in [4.69, 9.17) is 9.26 Å². The normalized spacial score (nSPS) is 18.0. The van der Waals surface area contributed by atoms with E-state index in [0.29, 0.717) is 32.1 Å². The van der Waals surface area contributed by atoms with E-state index in [1.807, 2.05) is 20.8 Å². The Hall–Kier alpha value is -1.48. The lowest BCUT2D eigenvalue weighted by molar-refractivity contribution is -0.134. The molecule has 1 amide bonds. The first-order chi connectivity index (χ1) is 10.6. The fourth-order valence-corrected chi connectivity index (χ4v) is 3.28. The molecule has 0 saturated carbocycles. The Bertz CT molecular complexity index is 656. The molecule has 0 spiro atoms. The Morgan fingerprint density at radius 3 is 2.43 bits per heavy atom. The summed E-state index contributed by atoms with van der Waals surface area (Å²) in [7, 11) is -3.72. The summed E-state index contributed by atoms with van der Waals surface area (Å²) in [5, 5.41) is 2.66. The lowest BCUT2D eigenvalue weighted by Crippen LogP contribution is -2.47. The van der Waals surface area contributed by atoms with Crippen LogP contribution < -0.4 is 0 Å². The van der Waals surface area contributed by atoms with Crippen molar-refractivity contribution in [2.45, 2.75) is 44.1 Å². The van der Waals surface area contributed by atoms with Gasteiger partial charge in [-0.3, -0.25) is 4.79 Å². The Balaban J connectivity index is 2.08. The Kier molecular flexibility index (Phi) is 5.10. The third-order valence-electron chi connectivity index (χ3n) is 3.67. The fourth-order valence-electron chi connectivity index (χ4n) is 2.11. The van der Waals surface area contributed by atoms with Crippen molar-refractivity contribution in [3.63, 3.8) is 0 Å². The molecule has 2 rings (SSSR count). The van der Waals surface area contributed by atoms with Gasteiger partial charge in [-0.25, -0.2) is 8.42 Å². The number of hydrogen-bond donors (Lipinski definition) is 0. The lowest BCUT2D eigenvalue weighted by atomic mass is 9.96. The highest BCUT2D eigenvalue weighted by atomic mass is 32.2. The van der Waals surface area contributed by atoms with Gasteiger partial charge in [-0.2, -0.15) is 4.98 Å². The number of sulfone groups is 1. The second-order valence-electron chi connectivity index (χ2n) is 6.65. The number of hydrogen-bond acceptors (Lipinski definition) is 7. The molecule has 1 atom stereocenters. The molecular weight excluding hydrogens is 322 g/mol. The molecule has 0 bridgehead atoms. The molecule has 1 aliphatic rings. The van der Waals surface area contributed by atoms with Crippen LogP contribution in [0.4, 0.5) is 0 Å². The van der Waals surface area contributed by atoms with E-state index in [-0.39, 0.29) is 11.3 Å². The zero-order valence-electron chi connectivity index (χ0n) is 13.9. The first-order valence-electron chi connectivity index (χ1n) is 7.52. The number of carbonyl (C=O) groups is 1. The third-order valence-corrected chi connectivity index (χ3v) is 5.60. The fraction of sp³-hybridized carbons (Fsp3) is 0.786. The van der Waals surface area contributed by atoms with Crippen LogP contribution in [0.5, 0.6) is 0 Å². The second kappa shape index (κ2) is 6.56. The summed E-state index contributed by atoms with van der Waals surface area (Å²) in [4.78, 5) is 18.0. The number of nitrogens with zero attached hydrogens (tertiary/aromatic N) is 3. The minimum Gasteiger partial charge on any atom is -0.378 e. The molecule has 23 heavy (non-hydrogen) atoms. The van der Waals surface area contributed by atoms with Gasteiger partial charge in [0.2, 0.25) is 11.8 Å². The van der Waals surface area contributed by atoms with Crippen LogP contribution in [0, 0.1) is 0 Å². The van der Waals surface area contributed by atoms with Crippen molar-refractivity contribution in [2.75, 3.05) is 26.3 Å². The maximum absolute atomic E-state index is 12.4. The van der Waals surface area contributed by atoms with E-state index in [1.165, 1.54) is 11.8 Å². The van der Waals surface area contributed by atoms with Crippen LogP contribution in [0.1, 0.15) is 39.4 Å². The summed E-state index contributed by atoms with van der Waals surface area (Å²) in [6.45, 7) is 8.78. The number of rotatable bonds is 4. The summed E-state index contributed by atoms with van der Waals surface area (Å²) >= 11 is 0. The molecule has 130 valence electrons. The second-order valence-corrected chi connectivity index (χ2v) is 8.97. The van der Waals surface area contributed by atoms with Gasteiger partial charge in [0, 0.05) is 18.5 Å². The minimum absolute atomic E-state index is 0.0107. The number of morpholine rings is 1. The SMILES string of the molecule is C[C@H](C(=O)N1CCOCC1)S(=O)(=O)Cc1nc(C(C)(C)C)no1. The van der Waals surface area contributed by atoms with Crippen molar-refractivity contribution in [1.82, 2.24) is 15.0 Å². The average molecular weight is 345 g/mol. The van der Waals surface area contributed by atoms with E-state index in [9.17, 15) is 13.2 Å². The van der Waals surface area contributed by atoms with Crippen LogP contribution in [0.15, 0.2) is 4.52 Å². The molecule has 2 heterocycles. The highest BCUT2D eigenvalue weighted by molar-refractivity contribution is 7.92. The van der Waals surface area contributed by atoms with Gasteiger partial charge in [0.1, 0.15) is 11.0 Å². The minimum atomic E-state index is -3.72. The maximum atomic E-state index is 12.4. The van der Waals surface area contributed by atoms with Gasteiger partial charge in [0.25, 0.3) is 0 Å². The standard InChI is InChI=1S/C14H23N3O5S/c1-10(12(18)17-5-7-21-8-6-17)23(19,20)9-11-15-13(16-22-11)14(2,3)4/h10H,5-9H2,1-4H3/t10-/m1/s1. The van der Waals surface area contributed by atoms with Crippen LogP contribution in [0.25, 0.3) is 0 Å². The van der Waals surface area contributed by atoms with Crippen molar-refractivity contribution in [2.24, 2.45) is 0 Å². The van der Waals surface area contributed by atoms with Crippen LogP contribution in [-0.2, 0) is 30.5 Å². The third kappa shape index (κ3) is 4.29. The van der Waals surface area contributed by atoms with E-state index < -0.39 is 26.7 Å². The smallest absolute Gasteiger partial charge is 0.241 e. The molecular formula is C14H23N3O5S. The molecule has 1 aromatic heterocycles. The van der Waals surface area contributed by atoms with Gasteiger partial charge in [0.15, 0.2) is 15.7 Å². The van der Waals surface area contributed by atoms with E-state index >= 15 is 0 Å². The number of aromatic nitrogens is 2. The highest BCUT2D eigenvalue weighted by Gasteiger charge is 2.34. The average Bonchev–Trinajstić information content (AvgIpc) is 2.94. The van der Waals surface area contributed by atoms with Crippen LogP contribution in [0.3, 0.4) is 0 Å². The Morgan fingerprint density at radius 1 is 1.30 bits per heavy atom. The van der Waals surface area contributed by atoms with Gasteiger partial charge in [0.05, 0.1) is 13.2 Å². The van der Waals surface area contributed by atoms with Crippen molar-refractivity contribution in [3.8, 4) is 0 Å².